The molecule has 0 aliphatic heterocycles. The van der Waals surface area contributed by atoms with E-state index in [-0.39, 0.29) is 0 Å². The average Bonchev–Trinajstić information content (AvgIpc) is 1.64. The Morgan fingerprint density at radius 2 is 2.38 bits per heavy atom. The molecule has 1 rings (SSSR count). The van der Waals surface area contributed by atoms with E-state index in [9.17, 15) is 4.79 Å². The van der Waals surface area contributed by atoms with Crippen molar-refractivity contribution in [1.29, 1.82) is 0 Å². The second-order valence-electron chi connectivity index (χ2n) is 2.26. The zero-order valence-corrected chi connectivity index (χ0v) is 7.05. The molecule has 0 bridgehead atoms. The van der Waals surface area contributed by atoms with Crippen molar-refractivity contribution in [2.75, 3.05) is 0 Å². The summed E-state index contributed by atoms with van der Waals surface area (Å²) in [6.45, 7) is 0. The van der Waals surface area contributed by atoms with Gasteiger partial charge in [0.25, 0.3) is 0 Å². The zero-order chi connectivity index (χ0) is 5.98. The van der Waals surface area contributed by atoms with Gasteiger partial charge in [-0.1, -0.05) is 0 Å². The number of rotatable bonds is 0. The molecule has 1 unspecified atom stereocenters. The first-order valence-electron chi connectivity index (χ1n) is 2.96. The van der Waals surface area contributed by atoms with E-state index in [1.807, 2.05) is 0 Å². The molecule has 2 heteroatoms. The Labute approximate surface area is 62.7 Å². The fraction of sp³-hybridized carbons (Fsp3) is 0.833. The molecular formula is C6H9OTe. The van der Waals surface area contributed by atoms with Crippen LogP contribution < -0.4 is 0 Å². The summed E-state index contributed by atoms with van der Waals surface area (Å²) < 4.78 is 0.673. The Balaban J connectivity index is 2.34. The maximum absolute atomic E-state index is 10.7. The zero-order valence-electron chi connectivity index (χ0n) is 4.72. The topological polar surface area (TPSA) is 17.1 Å². The normalized spacial score (nSPS) is 30.6. The fourth-order valence-corrected chi connectivity index (χ4v) is 1.99. The number of Topliss-reactive ketones (excluding diaryl/α,β-unsaturated/α-hetero) is 1. The summed E-state index contributed by atoms with van der Waals surface area (Å²) in [6, 6.07) is 0. The third-order valence-electron chi connectivity index (χ3n) is 1.44. The van der Waals surface area contributed by atoms with Crippen LogP contribution in [0.25, 0.3) is 0 Å². The van der Waals surface area contributed by atoms with Gasteiger partial charge in [-0.3, -0.25) is 0 Å². The van der Waals surface area contributed by atoms with E-state index >= 15 is 0 Å². The monoisotopic (exact) mass is 227 g/mol. The van der Waals surface area contributed by atoms with E-state index in [2.05, 4.69) is 22.3 Å². The van der Waals surface area contributed by atoms with Crippen LogP contribution in [0.5, 0.6) is 0 Å². The molecule has 1 atom stereocenters. The molecule has 8 heavy (non-hydrogen) atoms. The molecular weight excluding hydrogens is 216 g/mol. The molecule has 1 nitrogen and oxygen atoms in total. The molecule has 0 spiro atoms. The Kier molecular flexibility index (Phi) is 2.34. The van der Waals surface area contributed by atoms with Crippen molar-refractivity contribution < 1.29 is 4.79 Å². The van der Waals surface area contributed by atoms with Gasteiger partial charge in [-0.15, -0.1) is 0 Å². The van der Waals surface area contributed by atoms with E-state index in [1.165, 1.54) is 6.42 Å². The molecule has 0 aromatic carbocycles. The summed E-state index contributed by atoms with van der Waals surface area (Å²) in [5.41, 5.74) is 0. The molecule has 45 valence electrons. The van der Waals surface area contributed by atoms with Crippen LogP contribution in [0.2, 0.25) is 3.97 Å². The van der Waals surface area contributed by atoms with Gasteiger partial charge in [0, 0.05) is 0 Å². The molecule has 1 radical (unpaired) electrons. The van der Waals surface area contributed by atoms with Crippen LogP contribution in [0.15, 0.2) is 0 Å². The van der Waals surface area contributed by atoms with Crippen LogP contribution in [0, 0.1) is 0 Å². The van der Waals surface area contributed by atoms with Crippen molar-refractivity contribution in [2.24, 2.45) is 0 Å². The molecule has 0 saturated heterocycles. The molecule has 1 aliphatic rings. The number of hydrogen-bond donors (Lipinski definition) is 0. The van der Waals surface area contributed by atoms with Gasteiger partial charge >= 0.3 is 62.5 Å². The van der Waals surface area contributed by atoms with E-state index in [0.29, 0.717) is 9.75 Å². The maximum atomic E-state index is 10.7. The number of carbonyl (C=O) groups excluding carboxylic acids is 1. The third-order valence-corrected chi connectivity index (χ3v) is 2.59. The van der Waals surface area contributed by atoms with E-state index in [1.54, 1.807) is 0 Å². The summed E-state index contributed by atoms with van der Waals surface area (Å²) in [5, 5.41) is 0. The summed E-state index contributed by atoms with van der Waals surface area (Å²) >= 11 is 2.08. The van der Waals surface area contributed by atoms with Crippen LogP contribution in [0.1, 0.15) is 25.7 Å². The average molecular weight is 225 g/mol. The van der Waals surface area contributed by atoms with Gasteiger partial charge in [0.05, 0.1) is 0 Å². The Morgan fingerprint density at radius 1 is 1.62 bits per heavy atom. The van der Waals surface area contributed by atoms with Crippen molar-refractivity contribution >= 4 is 28.1 Å². The fourth-order valence-electron chi connectivity index (χ4n) is 0.985. The van der Waals surface area contributed by atoms with Crippen LogP contribution >= 0.6 is 0 Å². The molecule has 0 aromatic heterocycles. The minimum atomic E-state index is 0.464. The van der Waals surface area contributed by atoms with Gasteiger partial charge in [-0.05, 0) is 0 Å². The molecule has 0 heterocycles. The van der Waals surface area contributed by atoms with Crippen molar-refractivity contribution in [2.45, 2.75) is 29.6 Å². The molecule has 0 aromatic rings. The van der Waals surface area contributed by atoms with Crippen LogP contribution in [-0.4, -0.2) is 28.1 Å². The van der Waals surface area contributed by atoms with Crippen LogP contribution in [-0.2, 0) is 4.79 Å². The second-order valence-corrected chi connectivity index (χ2v) is 4.16. The van der Waals surface area contributed by atoms with E-state index < -0.39 is 0 Å². The summed E-state index contributed by atoms with van der Waals surface area (Å²) in [6.07, 6.45) is 4.06. The molecule has 0 N–H and O–H groups in total. The van der Waals surface area contributed by atoms with Gasteiger partial charge in [-0.2, -0.15) is 0 Å². The predicted molar refractivity (Wildman–Crippen MR) is 33.0 cm³/mol. The van der Waals surface area contributed by atoms with Gasteiger partial charge in [0.2, 0.25) is 0 Å². The molecule has 0 amide bonds. The molecule has 1 aliphatic carbocycles. The van der Waals surface area contributed by atoms with Gasteiger partial charge in [-0.25, -0.2) is 0 Å². The van der Waals surface area contributed by atoms with Crippen LogP contribution in [0.4, 0.5) is 0 Å². The number of hydrogen-bond acceptors (Lipinski definition) is 1. The van der Waals surface area contributed by atoms with Gasteiger partial charge in [0.1, 0.15) is 0 Å². The first-order chi connectivity index (χ1) is 3.79. The van der Waals surface area contributed by atoms with Crippen molar-refractivity contribution in [3.63, 3.8) is 0 Å². The predicted octanol–water partition coefficient (Wildman–Crippen LogP) is 1.09. The summed E-state index contributed by atoms with van der Waals surface area (Å²) in [7, 11) is 0. The molecule has 1 saturated carbocycles. The van der Waals surface area contributed by atoms with Crippen molar-refractivity contribution in [1.82, 2.24) is 0 Å². The van der Waals surface area contributed by atoms with E-state index in [4.69, 9.17) is 0 Å². The quantitative estimate of drug-likeness (QED) is 0.563. The van der Waals surface area contributed by atoms with Gasteiger partial charge < -0.3 is 0 Å². The van der Waals surface area contributed by atoms with Gasteiger partial charge in [0.15, 0.2) is 0 Å². The summed E-state index contributed by atoms with van der Waals surface area (Å²) in [4.78, 5) is 10.7. The minimum absolute atomic E-state index is 0.464. The number of ketones is 1. The Bertz CT molecular complexity index is 101. The Morgan fingerprint density at radius 3 is 2.75 bits per heavy atom. The van der Waals surface area contributed by atoms with Crippen LogP contribution in [0.3, 0.4) is 0 Å². The van der Waals surface area contributed by atoms with E-state index in [0.717, 1.165) is 19.3 Å². The second kappa shape index (κ2) is 2.85. The van der Waals surface area contributed by atoms with Crippen molar-refractivity contribution in [3.05, 3.63) is 0 Å². The molecule has 1 fully saturated rings. The first kappa shape index (κ1) is 6.58. The number of carbonyl (C=O) groups is 1. The van der Waals surface area contributed by atoms with Crippen molar-refractivity contribution in [3.8, 4) is 0 Å². The first-order valence-corrected chi connectivity index (χ1v) is 4.31. The standard InChI is InChI=1S/C6H9OTe/c7-5-2-1-3-6(8)4-5/h6H,1-4H2. The summed E-state index contributed by atoms with van der Waals surface area (Å²) in [5.74, 6) is 0.464. The Hall–Kier alpha value is 0.460. The third kappa shape index (κ3) is 1.76. The SMILES string of the molecule is O=C1CCCC([Te])C1.